The summed E-state index contributed by atoms with van der Waals surface area (Å²) in [7, 11) is 0. The van der Waals surface area contributed by atoms with Gasteiger partial charge >= 0.3 is 0 Å². The fourth-order valence-electron chi connectivity index (χ4n) is 3.72. The molecule has 1 fully saturated rings. The van der Waals surface area contributed by atoms with Crippen molar-refractivity contribution in [2.45, 2.75) is 19.4 Å². The molecule has 0 bridgehead atoms. The molecule has 7 heteroatoms. The predicted octanol–water partition coefficient (Wildman–Crippen LogP) is 3.28. The molecule has 4 rings (SSSR count). The highest BCUT2D eigenvalue weighted by atomic mass is 79.9. The number of aromatic nitrogens is 2. The Bertz CT molecular complexity index is 1120. The molecule has 0 aliphatic carbocycles. The summed E-state index contributed by atoms with van der Waals surface area (Å²) >= 11 is 3.36. The standard InChI is InChI=1S/C22H20BrN3O3/c23-17-6-7-19-18(12-17)22(29)26(14-24-19)13-20(27)25-10-8-16(9-11-25)21(28)15-4-2-1-3-5-15/h1-7,12,14,16H,8-11,13H2. The number of fused-ring (bicyclic) bond motifs is 1. The van der Waals surface area contributed by atoms with Crippen molar-refractivity contribution in [1.29, 1.82) is 0 Å². The molecule has 0 radical (unpaired) electrons. The maximum atomic E-state index is 12.7. The van der Waals surface area contributed by atoms with Crippen LogP contribution in [-0.2, 0) is 11.3 Å². The van der Waals surface area contributed by atoms with Gasteiger partial charge in [-0.2, -0.15) is 0 Å². The van der Waals surface area contributed by atoms with Gasteiger partial charge in [0.25, 0.3) is 5.56 Å². The highest BCUT2D eigenvalue weighted by Gasteiger charge is 2.28. The maximum absolute atomic E-state index is 12.7. The van der Waals surface area contributed by atoms with Gasteiger partial charge in [0, 0.05) is 29.0 Å². The van der Waals surface area contributed by atoms with E-state index in [1.54, 1.807) is 17.0 Å². The Morgan fingerprint density at radius 3 is 2.52 bits per heavy atom. The van der Waals surface area contributed by atoms with Crippen LogP contribution in [0.2, 0.25) is 0 Å². The van der Waals surface area contributed by atoms with Crippen LogP contribution in [0.5, 0.6) is 0 Å². The Labute approximate surface area is 176 Å². The molecular weight excluding hydrogens is 434 g/mol. The molecule has 6 nitrogen and oxygen atoms in total. The second-order valence-corrected chi connectivity index (χ2v) is 8.14. The first-order valence-electron chi connectivity index (χ1n) is 9.54. The number of benzene rings is 2. The molecule has 1 amide bonds. The minimum absolute atomic E-state index is 0.0500. The number of carbonyl (C=O) groups is 2. The molecular formula is C22H20BrN3O3. The Morgan fingerprint density at radius 2 is 1.79 bits per heavy atom. The number of ketones is 1. The normalized spacial score (nSPS) is 14.9. The number of hydrogen-bond acceptors (Lipinski definition) is 4. The van der Waals surface area contributed by atoms with Gasteiger partial charge in [0.05, 0.1) is 17.2 Å². The second kappa shape index (κ2) is 8.29. The van der Waals surface area contributed by atoms with Gasteiger partial charge in [-0.3, -0.25) is 19.0 Å². The van der Waals surface area contributed by atoms with Gasteiger partial charge in [0.2, 0.25) is 5.91 Å². The third-order valence-electron chi connectivity index (χ3n) is 5.37. The van der Waals surface area contributed by atoms with Crippen molar-refractivity contribution in [3.05, 3.63) is 75.2 Å². The summed E-state index contributed by atoms with van der Waals surface area (Å²) in [5, 5.41) is 0.474. The van der Waals surface area contributed by atoms with Crippen LogP contribution in [-0.4, -0.2) is 39.2 Å². The van der Waals surface area contributed by atoms with Crippen molar-refractivity contribution in [3.63, 3.8) is 0 Å². The number of hydrogen-bond donors (Lipinski definition) is 0. The van der Waals surface area contributed by atoms with Crippen molar-refractivity contribution >= 4 is 38.5 Å². The summed E-state index contributed by atoms with van der Waals surface area (Å²) < 4.78 is 2.14. The lowest BCUT2D eigenvalue weighted by Crippen LogP contribution is -2.42. The molecule has 2 aromatic carbocycles. The van der Waals surface area contributed by atoms with E-state index in [0.717, 1.165) is 10.0 Å². The Kier molecular flexibility index (Phi) is 5.58. The van der Waals surface area contributed by atoms with Crippen molar-refractivity contribution in [3.8, 4) is 0 Å². The van der Waals surface area contributed by atoms with Gasteiger partial charge in [-0.25, -0.2) is 4.98 Å². The quantitative estimate of drug-likeness (QED) is 0.568. The lowest BCUT2D eigenvalue weighted by Gasteiger charge is -2.31. The molecule has 148 valence electrons. The minimum atomic E-state index is -0.237. The zero-order valence-electron chi connectivity index (χ0n) is 15.8. The average Bonchev–Trinajstić information content (AvgIpc) is 2.76. The highest BCUT2D eigenvalue weighted by Crippen LogP contribution is 2.22. The number of rotatable bonds is 4. The number of piperidine rings is 1. The number of carbonyl (C=O) groups excluding carboxylic acids is 2. The molecule has 1 aliphatic heterocycles. The molecule has 1 aromatic heterocycles. The average molecular weight is 454 g/mol. The van der Waals surface area contributed by atoms with Gasteiger partial charge in [-0.15, -0.1) is 0 Å². The summed E-state index contributed by atoms with van der Waals surface area (Å²) in [5.41, 5.74) is 1.08. The summed E-state index contributed by atoms with van der Waals surface area (Å²) in [6.07, 6.45) is 2.69. The molecule has 2 heterocycles. The van der Waals surface area contributed by atoms with E-state index in [1.165, 1.54) is 10.9 Å². The van der Waals surface area contributed by atoms with Gasteiger partial charge in [-0.1, -0.05) is 46.3 Å². The van der Waals surface area contributed by atoms with Crippen LogP contribution in [0.15, 0.2) is 64.1 Å². The molecule has 0 unspecified atom stereocenters. The van der Waals surface area contributed by atoms with Gasteiger partial charge in [-0.05, 0) is 31.0 Å². The monoisotopic (exact) mass is 453 g/mol. The number of nitrogens with zero attached hydrogens (tertiary/aromatic N) is 3. The van der Waals surface area contributed by atoms with E-state index in [4.69, 9.17) is 0 Å². The zero-order chi connectivity index (χ0) is 20.4. The van der Waals surface area contributed by atoms with Crippen LogP contribution in [0.25, 0.3) is 10.9 Å². The van der Waals surface area contributed by atoms with Crippen LogP contribution in [0.3, 0.4) is 0 Å². The van der Waals surface area contributed by atoms with Crippen molar-refractivity contribution in [1.82, 2.24) is 14.5 Å². The van der Waals surface area contributed by atoms with Crippen LogP contribution >= 0.6 is 15.9 Å². The van der Waals surface area contributed by atoms with Crippen LogP contribution in [0, 0.1) is 5.92 Å². The minimum Gasteiger partial charge on any atom is -0.341 e. The van der Waals surface area contributed by atoms with Crippen molar-refractivity contribution < 1.29 is 9.59 Å². The van der Waals surface area contributed by atoms with E-state index < -0.39 is 0 Å². The smallest absolute Gasteiger partial charge is 0.261 e. The fourth-order valence-corrected chi connectivity index (χ4v) is 4.08. The van der Waals surface area contributed by atoms with E-state index in [2.05, 4.69) is 20.9 Å². The number of amides is 1. The lowest BCUT2D eigenvalue weighted by molar-refractivity contribution is -0.133. The molecule has 0 saturated carbocycles. The molecule has 1 saturated heterocycles. The molecule has 1 aliphatic rings. The number of halogens is 1. The topological polar surface area (TPSA) is 72.3 Å². The fraction of sp³-hybridized carbons (Fsp3) is 0.273. The lowest BCUT2D eigenvalue weighted by atomic mass is 9.89. The van der Waals surface area contributed by atoms with Crippen LogP contribution < -0.4 is 5.56 Å². The second-order valence-electron chi connectivity index (χ2n) is 7.22. The summed E-state index contributed by atoms with van der Waals surface area (Å²) in [5.74, 6) is -0.0593. The van der Waals surface area contributed by atoms with Crippen molar-refractivity contribution in [2.75, 3.05) is 13.1 Å². The highest BCUT2D eigenvalue weighted by molar-refractivity contribution is 9.10. The van der Waals surface area contributed by atoms with Gasteiger partial charge in [0.15, 0.2) is 5.78 Å². The van der Waals surface area contributed by atoms with E-state index in [-0.39, 0.29) is 29.7 Å². The van der Waals surface area contributed by atoms with E-state index in [9.17, 15) is 14.4 Å². The van der Waals surface area contributed by atoms with E-state index in [1.807, 2.05) is 36.4 Å². The maximum Gasteiger partial charge on any atom is 0.261 e. The van der Waals surface area contributed by atoms with Crippen LogP contribution in [0.1, 0.15) is 23.2 Å². The summed E-state index contributed by atoms with van der Waals surface area (Å²) in [6.45, 7) is 0.984. The third kappa shape index (κ3) is 4.15. The molecule has 0 N–H and O–H groups in total. The summed E-state index contributed by atoms with van der Waals surface area (Å²) in [6, 6.07) is 14.6. The largest absolute Gasteiger partial charge is 0.341 e. The first kappa shape index (κ1) is 19.5. The summed E-state index contributed by atoms with van der Waals surface area (Å²) in [4.78, 5) is 44.0. The van der Waals surface area contributed by atoms with Crippen LogP contribution in [0.4, 0.5) is 0 Å². The third-order valence-corrected chi connectivity index (χ3v) is 5.86. The molecule has 29 heavy (non-hydrogen) atoms. The number of likely N-dealkylation sites (tertiary alicyclic amines) is 1. The number of Topliss-reactive ketones (excluding diaryl/α,β-unsaturated/α-hetero) is 1. The SMILES string of the molecule is O=C(c1ccccc1)C1CCN(C(=O)Cn2cnc3ccc(Br)cc3c2=O)CC1. The zero-order valence-corrected chi connectivity index (χ0v) is 17.3. The molecule has 3 aromatic rings. The Hall–Kier alpha value is -2.80. The Morgan fingerprint density at radius 1 is 1.07 bits per heavy atom. The van der Waals surface area contributed by atoms with Crippen molar-refractivity contribution in [2.24, 2.45) is 5.92 Å². The first-order chi connectivity index (χ1) is 14.0. The van der Waals surface area contributed by atoms with Gasteiger partial charge in [0.1, 0.15) is 6.54 Å². The molecule has 0 atom stereocenters. The Balaban J connectivity index is 1.42. The van der Waals surface area contributed by atoms with Gasteiger partial charge < -0.3 is 4.90 Å². The predicted molar refractivity (Wildman–Crippen MR) is 114 cm³/mol. The molecule has 0 spiro atoms. The van der Waals surface area contributed by atoms with E-state index >= 15 is 0 Å². The first-order valence-corrected chi connectivity index (χ1v) is 10.3. The van der Waals surface area contributed by atoms with E-state index in [0.29, 0.717) is 36.8 Å².